The lowest BCUT2D eigenvalue weighted by Crippen LogP contribution is -2.43. The highest BCUT2D eigenvalue weighted by Crippen LogP contribution is 2.30. The molecule has 2 rings (SSSR count). The number of benzene rings is 1. The second kappa shape index (κ2) is 4.53. The van der Waals surface area contributed by atoms with E-state index < -0.39 is 11.7 Å². The monoisotopic (exact) mass is 258 g/mol. The predicted octanol–water partition coefficient (Wildman–Crippen LogP) is 2.29. The molecule has 1 aliphatic rings. The standard InChI is InChI=1S/C12H13F3N2O/c1-17-6-10(16)11(17)18-7-8-3-2-4-9(5-8)12(13,14)15/h2-6,11H,7,16H2,1H3. The number of rotatable bonds is 3. The van der Waals surface area contributed by atoms with Crippen molar-refractivity contribution in [3.8, 4) is 0 Å². The van der Waals surface area contributed by atoms with Crippen LogP contribution in [0.5, 0.6) is 0 Å². The first kappa shape index (κ1) is 12.8. The number of ether oxygens (including phenoxy) is 1. The first-order chi connectivity index (χ1) is 8.38. The van der Waals surface area contributed by atoms with Crippen LogP contribution in [0.15, 0.2) is 36.2 Å². The van der Waals surface area contributed by atoms with Gasteiger partial charge in [-0.1, -0.05) is 12.1 Å². The van der Waals surface area contributed by atoms with E-state index in [1.807, 2.05) is 0 Å². The van der Waals surface area contributed by atoms with Gasteiger partial charge in [-0.15, -0.1) is 0 Å². The van der Waals surface area contributed by atoms with Crippen molar-refractivity contribution < 1.29 is 17.9 Å². The van der Waals surface area contributed by atoms with E-state index in [-0.39, 0.29) is 12.8 Å². The largest absolute Gasteiger partial charge is 0.416 e. The van der Waals surface area contributed by atoms with Crippen LogP contribution >= 0.6 is 0 Å². The van der Waals surface area contributed by atoms with E-state index in [4.69, 9.17) is 10.5 Å². The Labute approximate surface area is 103 Å². The molecule has 1 aliphatic heterocycles. The maximum absolute atomic E-state index is 12.5. The molecule has 98 valence electrons. The van der Waals surface area contributed by atoms with E-state index in [2.05, 4.69) is 0 Å². The lowest BCUT2D eigenvalue weighted by atomic mass is 10.1. The lowest BCUT2D eigenvalue weighted by molar-refractivity contribution is -0.137. The van der Waals surface area contributed by atoms with E-state index in [0.29, 0.717) is 11.3 Å². The Bertz CT molecular complexity index is 471. The Kier molecular flexibility index (Phi) is 3.21. The Hall–Kier alpha value is -1.69. The molecule has 1 atom stereocenters. The fourth-order valence-electron chi connectivity index (χ4n) is 1.75. The number of hydrogen-bond donors (Lipinski definition) is 1. The van der Waals surface area contributed by atoms with Crippen LogP contribution in [-0.2, 0) is 17.5 Å². The molecular formula is C12H13F3N2O. The molecule has 0 aliphatic carbocycles. The zero-order chi connectivity index (χ0) is 13.3. The third-order valence-corrected chi connectivity index (χ3v) is 2.67. The number of hydrogen-bond acceptors (Lipinski definition) is 3. The third kappa shape index (κ3) is 2.59. The second-order valence-corrected chi connectivity index (χ2v) is 4.16. The second-order valence-electron chi connectivity index (χ2n) is 4.16. The minimum atomic E-state index is -4.33. The normalized spacial score (nSPS) is 19.4. The van der Waals surface area contributed by atoms with Crippen LogP contribution in [0.2, 0.25) is 0 Å². The number of halogens is 3. The van der Waals surface area contributed by atoms with Crippen molar-refractivity contribution in [1.29, 1.82) is 0 Å². The van der Waals surface area contributed by atoms with Crippen molar-refractivity contribution in [2.75, 3.05) is 7.05 Å². The maximum Gasteiger partial charge on any atom is 0.416 e. The predicted molar refractivity (Wildman–Crippen MR) is 60.1 cm³/mol. The van der Waals surface area contributed by atoms with E-state index in [9.17, 15) is 13.2 Å². The van der Waals surface area contributed by atoms with Crippen LogP contribution in [0.25, 0.3) is 0 Å². The highest BCUT2D eigenvalue weighted by atomic mass is 19.4. The summed E-state index contributed by atoms with van der Waals surface area (Å²) in [5.41, 5.74) is 5.96. The summed E-state index contributed by atoms with van der Waals surface area (Å²) in [6.07, 6.45) is -2.97. The molecular weight excluding hydrogens is 245 g/mol. The van der Waals surface area contributed by atoms with Gasteiger partial charge in [0.05, 0.1) is 17.9 Å². The summed E-state index contributed by atoms with van der Waals surface area (Å²) in [6.45, 7) is 0.0907. The SMILES string of the molecule is CN1C=C(N)C1OCc1cccc(C(F)(F)F)c1. The van der Waals surface area contributed by atoms with Crippen molar-refractivity contribution in [3.63, 3.8) is 0 Å². The van der Waals surface area contributed by atoms with Gasteiger partial charge in [0, 0.05) is 13.2 Å². The Morgan fingerprint density at radius 2 is 2.11 bits per heavy atom. The fourth-order valence-corrected chi connectivity index (χ4v) is 1.75. The van der Waals surface area contributed by atoms with Gasteiger partial charge in [-0.05, 0) is 17.7 Å². The van der Waals surface area contributed by atoms with E-state index >= 15 is 0 Å². The van der Waals surface area contributed by atoms with Gasteiger partial charge in [-0.3, -0.25) is 0 Å². The first-order valence-electron chi connectivity index (χ1n) is 5.35. The minimum Gasteiger partial charge on any atom is -0.397 e. The van der Waals surface area contributed by atoms with Crippen molar-refractivity contribution >= 4 is 0 Å². The number of likely N-dealkylation sites (N-methyl/N-ethyl adjacent to an activating group) is 1. The lowest BCUT2D eigenvalue weighted by Gasteiger charge is -2.35. The van der Waals surface area contributed by atoms with Gasteiger partial charge >= 0.3 is 6.18 Å². The van der Waals surface area contributed by atoms with E-state index in [1.165, 1.54) is 6.07 Å². The Morgan fingerprint density at radius 1 is 1.39 bits per heavy atom. The van der Waals surface area contributed by atoms with Crippen LogP contribution < -0.4 is 5.73 Å². The minimum absolute atomic E-state index is 0.0907. The highest BCUT2D eigenvalue weighted by Gasteiger charge is 2.30. The molecule has 1 aromatic carbocycles. The van der Waals surface area contributed by atoms with Crippen LogP contribution in [0.3, 0.4) is 0 Å². The van der Waals surface area contributed by atoms with Crippen LogP contribution in [0, 0.1) is 0 Å². The van der Waals surface area contributed by atoms with Crippen LogP contribution in [0.1, 0.15) is 11.1 Å². The fraction of sp³-hybridized carbons (Fsp3) is 0.333. The average molecular weight is 258 g/mol. The van der Waals surface area contributed by atoms with Crippen LogP contribution in [-0.4, -0.2) is 18.2 Å². The van der Waals surface area contributed by atoms with E-state index in [0.717, 1.165) is 12.1 Å². The summed E-state index contributed by atoms with van der Waals surface area (Å²) in [5.74, 6) is 0. The molecule has 0 saturated carbocycles. The summed E-state index contributed by atoms with van der Waals surface area (Å²) in [4.78, 5) is 1.75. The van der Waals surface area contributed by atoms with Gasteiger partial charge in [0.2, 0.25) is 0 Å². The summed E-state index contributed by atoms with van der Waals surface area (Å²) in [6, 6.07) is 5.07. The molecule has 18 heavy (non-hydrogen) atoms. The number of nitrogens with two attached hydrogens (primary N) is 1. The molecule has 0 aromatic heterocycles. The molecule has 0 fully saturated rings. The van der Waals surface area contributed by atoms with Crippen molar-refractivity contribution in [1.82, 2.24) is 4.90 Å². The summed E-state index contributed by atoms with van der Waals surface area (Å²) in [7, 11) is 1.78. The molecule has 0 spiro atoms. The molecule has 3 nitrogen and oxygen atoms in total. The van der Waals surface area contributed by atoms with Gasteiger partial charge in [0.15, 0.2) is 6.23 Å². The summed E-state index contributed by atoms with van der Waals surface area (Å²) >= 11 is 0. The smallest absolute Gasteiger partial charge is 0.397 e. The molecule has 6 heteroatoms. The molecule has 0 bridgehead atoms. The molecule has 1 aromatic rings. The summed E-state index contributed by atoms with van der Waals surface area (Å²) < 4.78 is 42.9. The Morgan fingerprint density at radius 3 is 2.67 bits per heavy atom. The third-order valence-electron chi connectivity index (χ3n) is 2.67. The molecule has 0 radical (unpaired) electrons. The quantitative estimate of drug-likeness (QED) is 0.904. The zero-order valence-corrected chi connectivity index (χ0v) is 9.74. The first-order valence-corrected chi connectivity index (χ1v) is 5.35. The highest BCUT2D eigenvalue weighted by molar-refractivity contribution is 5.25. The molecule has 1 heterocycles. The van der Waals surface area contributed by atoms with Crippen LogP contribution in [0.4, 0.5) is 13.2 Å². The molecule has 0 saturated heterocycles. The maximum atomic E-state index is 12.5. The molecule has 0 amide bonds. The van der Waals surface area contributed by atoms with Gasteiger partial charge in [-0.25, -0.2) is 0 Å². The van der Waals surface area contributed by atoms with E-state index in [1.54, 1.807) is 24.2 Å². The van der Waals surface area contributed by atoms with Crippen molar-refractivity contribution in [3.05, 3.63) is 47.3 Å². The van der Waals surface area contributed by atoms with Gasteiger partial charge < -0.3 is 15.4 Å². The number of alkyl halides is 3. The Balaban J connectivity index is 2.00. The van der Waals surface area contributed by atoms with Gasteiger partial charge in [-0.2, -0.15) is 13.2 Å². The average Bonchev–Trinajstić information content (AvgIpc) is 2.28. The van der Waals surface area contributed by atoms with Gasteiger partial charge in [0.1, 0.15) is 0 Å². The van der Waals surface area contributed by atoms with Crippen molar-refractivity contribution in [2.45, 2.75) is 19.0 Å². The van der Waals surface area contributed by atoms with Gasteiger partial charge in [0.25, 0.3) is 0 Å². The topological polar surface area (TPSA) is 38.5 Å². The molecule has 1 unspecified atom stereocenters. The zero-order valence-electron chi connectivity index (χ0n) is 9.74. The molecule has 2 N–H and O–H groups in total. The number of nitrogens with zero attached hydrogens (tertiary/aromatic N) is 1. The summed E-state index contributed by atoms with van der Waals surface area (Å²) in [5, 5.41) is 0. The van der Waals surface area contributed by atoms with Crippen molar-refractivity contribution in [2.24, 2.45) is 5.73 Å².